The zero-order valence-corrected chi connectivity index (χ0v) is 8.61. The Balaban J connectivity index is 3.79. The third kappa shape index (κ3) is 6.36. The molecule has 0 spiro atoms. The summed E-state index contributed by atoms with van der Waals surface area (Å²) in [5.41, 5.74) is -0.576. The smallest absolute Gasteiger partial charge is 0.407 e. The summed E-state index contributed by atoms with van der Waals surface area (Å²) in [6.45, 7) is 4.78. The normalized spacial score (nSPS) is 13.1. The molecule has 6 heteroatoms. The summed E-state index contributed by atoms with van der Waals surface area (Å²) in [6.07, 6.45) is -0.625. The fraction of sp³-hybridized carbons (Fsp3) is 0.875. The zero-order chi connectivity index (χ0) is 11.2. The molecule has 0 heterocycles. The number of nitrogens with one attached hydrogen (secondary N) is 1. The topological polar surface area (TPSA) is 88.0 Å². The van der Waals surface area contributed by atoms with E-state index in [1.165, 1.54) is 0 Å². The lowest BCUT2D eigenvalue weighted by Crippen LogP contribution is -2.37. The van der Waals surface area contributed by atoms with Crippen LogP contribution in [0.15, 0.2) is 5.18 Å². The second-order valence-corrected chi connectivity index (χ2v) is 3.82. The molecule has 1 amide bonds. The van der Waals surface area contributed by atoms with Crippen molar-refractivity contribution in [2.75, 3.05) is 13.2 Å². The van der Waals surface area contributed by atoms with Crippen molar-refractivity contribution >= 4 is 6.09 Å². The first-order valence-corrected chi connectivity index (χ1v) is 4.29. The number of hydrogen-bond donors (Lipinski definition) is 2. The number of nitroso groups, excluding NO2 is 1. The van der Waals surface area contributed by atoms with E-state index < -0.39 is 17.7 Å². The van der Waals surface area contributed by atoms with Crippen LogP contribution in [0.3, 0.4) is 0 Å². The molecule has 14 heavy (non-hydrogen) atoms. The highest BCUT2D eigenvalue weighted by Crippen LogP contribution is 2.06. The van der Waals surface area contributed by atoms with Gasteiger partial charge in [0.1, 0.15) is 11.6 Å². The summed E-state index contributed by atoms with van der Waals surface area (Å²) in [5, 5.41) is 13.5. The van der Waals surface area contributed by atoms with E-state index in [0.29, 0.717) is 0 Å². The Morgan fingerprint density at radius 3 is 2.50 bits per heavy atom. The second-order valence-electron chi connectivity index (χ2n) is 3.82. The number of aliphatic hydroxyl groups is 1. The van der Waals surface area contributed by atoms with Gasteiger partial charge in [-0.2, -0.15) is 4.91 Å². The monoisotopic (exact) mass is 204 g/mol. The minimum atomic E-state index is -0.817. The number of aliphatic hydroxyl groups excluding tert-OH is 1. The van der Waals surface area contributed by atoms with Crippen molar-refractivity contribution in [1.82, 2.24) is 5.32 Å². The van der Waals surface area contributed by atoms with E-state index in [2.05, 4.69) is 10.5 Å². The van der Waals surface area contributed by atoms with Gasteiger partial charge in [-0.1, -0.05) is 5.18 Å². The molecule has 0 aromatic heterocycles. The molecule has 82 valence electrons. The van der Waals surface area contributed by atoms with E-state index in [9.17, 15) is 9.70 Å². The van der Waals surface area contributed by atoms with Crippen LogP contribution in [0.1, 0.15) is 20.8 Å². The summed E-state index contributed by atoms with van der Waals surface area (Å²) >= 11 is 0. The summed E-state index contributed by atoms with van der Waals surface area (Å²) in [7, 11) is 0. The van der Waals surface area contributed by atoms with Crippen molar-refractivity contribution in [2.45, 2.75) is 32.4 Å². The van der Waals surface area contributed by atoms with Crippen LogP contribution in [0.2, 0.25) is 0 Å². The molecule has 1 atom stereocenters. The number of amides is 1. The van der Waals surface area contributed by atoms with Crippen LogP contribution in [0.4, 0.5) is 4.79 Å². The molecule has 0 bridgehead atoms. The van der Waals surface area contributed by atoms with Crippen LogP contribution in [-0.2, 0) is 4.74 Å². The van der Waals surface area contributed by atoms with Crippen molar-refractivity contribution in [3.8, 4) is 0 Å². The molecule has 0 saturated carbocycles. The molecule has 0 aliphatic carbocycles. The minimum Gasteiger partial charge on any atom is -0.444 e. The maximum absolute atomic E-state index is 11.0. The third-order valence-electron chi connectivity index (χ3n) is 1.24. The molecule has 2 N–H and O–H groups in total. The van der Waals surface area contributed by atoms with E-state index in [-0.39, 0.29) is 13.2 Å². The van der Waals surface area contributed by atoms with E-state index >= 15 is 0 Å². The van der Waals surface area contributed by atoms with Crippen molar-refractivity contribution < 1.29 is 14.6 Å². The Morgan fingerprint density at radius 2 is 2.14 bits per heavy atom. The van der Waals surface area contributed by atoms with Crippen molar-refractivity contribution in [3.63, 3.8) is 0 Å². The lowest BCUT2D eigenvalue weighted by Gasteiger charge is -2.20. The maximum Gasteiger partial charge on any atom is 0.407 e. The third-order valence-corrected chi connectivity index (χ3v) is 1.24. The molecule has 0 aliphatic rings. The fourth-order valence-corrected chi connectivity index (χ4v) is 0.650. The van der Waals surface area contributed by atoms with Crippen molar-refractivity contribution in [2.24, 2.45) is 5.18 Å². The number of carbonyl (C=O) groups is 1. The zero-order valence-electron chi connectivity index (χ0n) is 8.61. The summed E-state index contributed by atoms with van der Waals surface area (Å²) < 4.78 is 4.90. The molecule has 0 aromatic rings. The first kappa shape index (κ1) is 12.8. The van der Waals surface area contributed by atoms with E-state index in [1.807, 2.05) is 0 Å². The maximum atomic E-state index is 11.0. The van der Waals surface area contributed by atoms with Crippen LogP contribution < -0.4 is 5.32 Å². The van der Waals surface area contributed by atoms with Gasteiger partial charge in [0.05, 0.1) is 6.61 Å². The second kappa shape index (κ2) is 5.54. The predicted molar refractivity (Wildman–Crippen MR) is 50.9 cm³/mol. The minimum absolute atomic E-state index is 0.0189. The van der Waals surface area contributed by atoms with Crippen LogP contribution in [0.5, 0.6) is 0 Å². The SMILES string of the molecule is CC(C)(C)OC(=O)NC[C@H](CO)N=O. The number of alkyl carbamates (subject to hydrolysis) is 1. The van der Waals surface area contributed by atoms with Crippen LogP contribution >= 0.6 is 0 Å². The summed E-state index contributed by atoms with van der Waals surface area (Å²) in [4.78, 5) is 21.1. The number of hydrogen-bond acceptors (Lipinski definition) is 5. The van der Waals surface area contributed by atoms with Gasteiger partial charge in [0.25, 0.3) is 0 Å². The van der Waals surface area contributed by atoms with Gasteiger partial charge in [-0.3, -0.25) is 0 Å². The number of rotatable bonds is 4. The molecule has 0 unspecified atom stereocenters. The lowest BCUT2D eigenvalue weighted by atomic mass is 10.2. The molecule has 0 rings (SSSR count). The Bertz CT molecular complexity index is 200. The van der Waals surface area contributed by atoms with Gasteiger partial charge in [0.15, 0.2) is 0 Å². The number of ether oxygens (including phenoxy) is 1. The molecule has 0 aromatic carbocycles. The summed E-state index contributed by atoms with van der Waals surface area (Å²) in [6, 6.07) is -0.817. The predicted octanol–water partition coefficient (Wildman–Crippen LogP) is 0.638. The fourth-order valence-electron chi connectivity index (χ4n) is 0.650. The highest BCUT2D eigenvalue weighted by molar-refractivity contribution is 5.67. The molecule has 0 fully saturated rings. The first-order valence-electron chi connectivity index (χ1n) is 4.29. The van der Waals surface area contributed by atoms with Crippen LogP contribution in [-0.4, -0.2) is 36.0 Å². The van der Waals surface area contributed by atoms with Gasteiger partial charge in [-0.15, -0.1) is 0 Å². The molecule has 0 aliphatic heterocycles. The molecular weight excluding hydrogens is 188 g/mol. The van der Waals surface area contributed by atoms with Gasteiger partial charge in [0.2, 0.25) is 0 Å². The standard InChI is InChI=1S/C8H16N2O4/c1-8(2,3)14-7(12)9-4-6(5-11)10-13/h6,11H,4-5H2,1-3H3,(H,9,12)/t6-/m1/s1. The van der Waals surface area contributed by atoms with Gasteiger partial charge < -0.3 is 15.2 Å². The Hall–Kier alpha value is -1.17. The average molecular weight is 204 g/mol. The first-order chi connectivity index (χ1) is 6.39. The van der Waals surface area contributed by atoms with E-state index in [1.54, 1.807) is 20.8 Å². The Kier molecular flexibility index (Phi) is 5.07. The van der Waals surface area contributed by atoms with Gasteiger partial charge >= 0.3 is 6.09 Å². The van der Waals surface area contributed by atoms with Gasteiger partial charge in [0, 0.05) is 6.54 Å². The largest absolute Gasteiger partial charge is 0.444 e. The molecule has 6 nitrogen and oxygen atoms in total. The summed E-state index contributed by atoms with van der Waals surface area (Å²) in [5.74, 6) is 0. The van der Waals surface area contributed by atoms with Crippen molar-refractivity contribution in [1.29, 1.82) is 0 Å². The number of nitrogens with zero attached hydrogens (tertiary/aromatic N) is 1. The van der Waals surface area contributed by atoms with Crippen LogP contribution in [0, 0.1) is 4.91 Å². The highest BCUT2D eigenvalue weighted by Gasteiger charge is 2.17. The van der Waals surface area contributed by atoms with Crippen molar-refractivity contribution in [3.05, 3.63) is 4.91 Å². The average Bonchev–Trinajstić information content (AvgIpc) is 2.03. The van der Waals surface area contributed by atoms with Gasteiger partial charge in [-0.05, 0) is 20.8 Å². The van der Waals surface area contributed by atoms with E-state index in [4.69, 9.17) is 9.84 Å². The highest BCUT2D eigenvalue weighted by atomic mass is 16.6. The Morgan fingerprint density at radius 1 is 1.57 bits per heavy atom. The van der Waals surface area contributed by atoms with Crippen LogP contribution in [0.25, 0.3) is 0 Å². The quantitative estimate of drug-likeness (QED) is 0.658. The Labute approximate surface area is 82.6 Å². The van der Waals surface area contributed by atoms with Gasteiger partial charge in [-0.25, -0.2) is 4.79 Å². The lowest BCUT2D eigenvalue weighted by molar-refractivity contribution is 0.0521. The molecular formula is C8H16N2O4. The molecule has 0 radical (unpaired) electrons. The number of carbonyl (C=O) groups excluding carboxylic acids is 1. The van der Waals surface area contributed by atoms with E-state index in [0.717, 1.165) is 0 Å². The molecule has 0 saturated heterocycles.